The van der Waals surface area contributed by atoms with Gasteiger partial charge in [-0.1, -0.05) is 13.0 Å². The smallest absolute Gasteiger partial charge is 0.143 e. The monoisotopic (exact) mass is 178 g/mol. The molecule has 2 unspecified atom stereocenters. The van der Waals surface area contributed by atoms with Crippen molar-refractivity contribution in [2.75, 3.05) is 7.11 Å². The lowest BCUT2D eigenvalue weighted by atomic mass is 9.92. The Labute approximate surface area is 78.3 Å². The molecule has 2 nitrogen and oxygen atoms in total. The molecule has 0 aromatic heterocycles. The third-order valence-electron chi connectivity index (χ3n) is 3.05. The van der Waals surface area contributed by atoms with Crippen LogP contribution in [0.1, 0.15) is 19.8 Å². The van der Waals surface area contributed by atoms with Gasteiger partial charge in [0.15, 0.2) is 0 Å². The Morgan fingerprint density at radius 2 is 2.54 bits per heavy atom. The average molecular weight is 178 g/mol. The minimum atomic E-state index is -0.142. The number of carbonyl (C=O) groups is 1. The van der Waals surface area contributed by atoms with Crippen LogP contribution in [-0.2, 0) is 9.53 Å². The van der Waals surface area contributed by atoms with Crippen molar-refractivity contribution in [3.05, 3.63) is 24.0 Å². The van der Waals surface area contributed by atoms with Gasteiger partial charge in [0, 0.05) is 6.42 Å². The number of hydrogen-bond donors (Lipinski definition) is 0. The van der Waals surface area contributed by atoms with E-state index in [4.69, 9.17) is 4.74 Å². The second-order valence-electron chi connectivity index (χ2n) is 3.73. The number of carbonyl (C=O) groups excluding carboxylic acids is 1. The third-order valence-corrected chi connectivity index (χ3v) is 3.05. The Bertz CT molecular complexity index is 301. The molecule has 0 aromatic carbocycles. The van der Waals surface area contributed by atoms with E-state index in [1.165, 1.54) is 0 Å². The van der Waals surface area contributed by atoms with Crippen LogP contribution in [-0.4, -0.2) is 12.9 Å². The summed E-state index contributed by atoms with van der Waals surface area (Å²) in [5, 5.41) is 0. The Balaban J connectivity index is 2.17. The lowest BCUT2D eigenvalue weighted by molar-refractivity contribution is -0.122. The number of ketones is 1. The molecule has 0 amide bonds. The zero-order chi connectivity index (χ0) is 9.47. The predicted octanol–water partition coefficient (Wildman–Crippen LogP) is 2.07. The van der Waals surface area contributed by atoms with Crippen molar-refractivity contribution in [2.45, 2.75) is 19.8 Å². The highest BCUT2D eigenvalue weighted by Gasteiger charge is 2.56. The first-order valence-electron chi connectivity index (χ1n) is 4.71. The lowest BCUT2D eigenvalue weighted by Gasteiger charge is -2.13. The number of Topliss-reactive ketones (excluding diaryl/α,β-unsaturated/α-hetero) is 1. The highest BCUT2D eigenvalue weighted by atomic mass is 16.5. The van der Waals surface area contributed by atoms with E-state index < -0.39 is 0 Å². The third kappa shape index (κ3) is 1.12. The summed E-state index contributed by atoms with van der Waals surface area (Å²) in [7, 11) is 1.66. The Morgan fingerprint density at radius 1 is 1.77 bits per heavy atom. The molecule has 0 spiro atoms. The van der Waals surface area contributed by atoms with Crippen LogP contribution in [0.5, 0.6) is 0 Å². The van der Waals surface area contributed by atoms with E-state index in [-0.39, 0.29) is 5.41 Å². The van der Waals surface area contributed by atoms with Crippen LogP contribution in [0.25, 0.3) is 0 Å². The van der Waals surface area contributed by atoms with Crippen molar-refractivity contribution in [3.63, 3.8) is 0 Å². The van der Waals surface area contributed by atoms with Crippen molar-refractivity contribution in [3.8, 4) is 0 Å². The molecule has 0 heterocycles. The lowest BCUT2D eigenvalue weighted by Crippen LogP contribution is -2.16. The van der Waals surface area contributed by atoms with Crippen molar-refractivity contribution >= 4 is 5.78 Å². The van der Waals surface area contributed by atoms with Crippen molar-refractivity contribution < 1.29 is 9.53 Å². The molecule has 2 aliphatic rings. The van der Waals surface area contributed by atoms with E-state index >= 15 is 0 Å². The van der Waals surface area contributed by atoms with Gasteiger partial charge in [-0.3, -0.25) is 4.79 Å². The van der Waals surface area contributed by atoms with Gasteiger partial charge >= 0.3 is 0 Å². The first kappa shape index (κ1) is 8.54. The summed E-state index contributed by atoms with van der Waals surface area (Å²) >= 11 is 0. The highest BCUT2D eigenvalue weighted by molar-refractivity contribution is 5.90. The molecular formula is C11H14O2. The fourth-order valence-corrected chi connectivity index (χ4v) is 2.07. The minimum Gasteiger partial charge on any atom is -0.497 e. The summed E-state index contributed by atoms with van der Waals surface area (Å²) in [5.41, 5.74) is -0.142. The first-order valence-corrected chi connectivity index (χ1v) is 4.71. The summed E-state index contributed by atoms with van der Waals surface area (Å²) in [4.78, 5) is 11.6. The molecule has 0 N–H and O–H groups in total. The van der Waals surface area contributed by atoms with Crippen LogP contribution in [0.15, 0.2) is 24.0 Å². The van der Waals surface area contributed by atoms with Gasteiger partial charge in [-0.05, 0) is 24.5 Å². The van der Waals surface area contributed by atoms with Gasteiger partial charge in [0.05, 0.1) is 12.5 Å². The number of hydrogen-bond acceptors (Lipinski definition) is 2. The zero-order valence-electron chi connectivity index (χ0n) is 8.04. The number of ether oxygens (including phenoxy) is 1. The largest absolute Gasteiger partial charge is 0.497 e. The molecule has 13 heavy (non-hydrogen) atoms. The molecule has 0 radical (unpaired) electrons. The van der Waals surface area contributed by atoms with E-state index in [0.717, 1.165) is 12.2 Å². The fraction of sp³-hybridized carbons (Fsp3) is 0.545. The number of allylic oxidation sites excluding steroid dienone is 3. The number of rotatable bonds is 3. The van der Waals surface area contributed by atoms with Crippen LogP contribution in [0.4, 0.5) is 0 Å². The van der Waals surface area contributed by atoms with E-state index in [0.29, 0.717) is 18.1 Å². The first-order chi connectivity index (χ1) is 6.23. The molecule has 0 aliphatic heterocycles. The maximum Gasteiger partial charge on any atom is 0.143 e. The SMILES string of the molecule is CCC(=O)C12C=CC(OC)=CC1C2. The van der Waals surface area contributed by atoms with Gasteiger partial charge in [0.2, 0.25) is 0 Å². The maximum atomic E-state index is 11.6. The van der Waals surface area contributed by atoms with Crippen LogP contribution >= 0.6 is 0 Å². The molecule has 0 saturated heterocycles. The van der Waals surface area contributed by atoms with Crippen molar-refractivity contribution in [1.29, 1.82) is 0 Å². The van der Waals surface area contributed by atoms with Gasteiger partial charge in [-0.25, -0.2) is 0 Å². The topological polar surface area (TPSA) is 26.3 Å². The van der Waals surface area contributed by atoms with Crippen LogP contribution in [0, 0.1) is 11.3 Å². The van der Waals surface area contributed by atoms with E-state index in [1.807, 2.05) is 19.1 Å². The summed E-state index contributed by atoms with van der Waals surface area (Å²) in [6.07, 6.45) is 7.60. The fourth-order valence-electron chi connectivity index (χ4n) is 2.07. The number of methoxy groups -OCH3 is 1. The van der Waals surface area contributed by atoms with Crippen molar-refractivity contribution in [2.24, 2.45) is 11.3 Å². The highest BCUT2D eigenvalue weighted by Crippen LogP contribution is 2.58. The quantitative estimate of drug-likeness (QED) is 0.661. The van der Waals surface area contributed by atoms with Crippen molar-refractivity contribution in [1.82, 2.24) is 0 Å². The van der Waals surface area contributed by atoms with Gasteiger partial charge in [0.25, 0.3) is 0 Å². The molecule has 1 fully saturated rings. The van der Waals surface area contributed by atoms with E-state index in [9.17, 15) is 4.79 Å². The molecule has 0 aromatic rings. The molecule has 2 rings (SSSR count). The Hall–Kier alpha value is -1.05. The molecule has 0 bridgehead atoms. The number of fused-ring (bicyclic) bond motifs is 1. The standard InChI is InChI=1S/C11H14O2/c1-3-10(12)11-5-4-9(13-2)6-8(11)7-11/h4-6,8H,3,7H2,1-2H3. The Morgan fingerprint density at radius 3 is 3.08 bits per heavy atom. The summed E-state index contributed by atoms with van der Waals surface area (Å²) < 4.78 is 5.11. The predicted molar refractivity (Wildman–Crippen MR) is 50.1 cm³/mol. The molecule has 2 atom stereocenters. The molecule has 2 aliphatic carbocycles. The molecule has 1 saturated carbocycles. The van der Waals surface area contributed by atoms with Crippen LogP contribution < -0.4 is 0 Å². The van der Waals surface area contributed by atoms with Crippen LogP contribution in [0.3, 0.4) is 0 Å². The maximum absolute atomic E-state index is 11.6. The van der Waals surface area contributed by atoms with Gasteiger partial charge < -0.3 is 4.74 Å². The molecule has 70 valence electrons. The molecular weight excluding hydrogens is 164 g/mol. The normalized spacial score (nSPS) is 34.9. The summed E-state index contributed by atoms with van der Waals surface area (Å²) in [5.74, 6) is 1.65. The van der Waals surface area contributed by atoms with Crippen LogP contribution in [0.2, 0.25) is 0 Å². The van der Waals surface area contributed by atoms with Gasteiger partial charge in [-0.2, -0.15) is 0 Å². The van der Waals surface area contributed by atoms with E-state index in [1.54, 1.807) is 7.11 Å². The van der Waals surface area contributed by atoms with Gasteiger partial charge in [0.1, 0.15) is 11.5 Å². The van der Waals surface area contributed by atoms with E-state index in [2.05, 4.69) is 6.08 Å². The van der Waals surface area contributed by atoms with Gasteiger partial charge in [-0.15, -0.1) is 0 Å². The second-order valence-corrected chi connectivity index (χ2v) is 3.73. The summed E-state index contributed by atoms with van der Waals surface area (Å²) in [6.45, 7) is 1.93. The summed E-state index contributed by atoms with van der Waals surface area (Å²) in [6, 6.07) is 0. The zero-order valence-corrected chi connectivity index (χ0v) is 8.04. The Kier molecular flexibility index (Phi) is 1.79. The average Bonchev–Trinajstić information content (AvgIpc) is 2.90. The molecule has 2 heteroatoms. The second kappa shape index (κ2) is 2.72. The minimum absolute atomic E-state index is 0.142.